The molecule has 0 unspecified atom stereocenters. The Morgan fingerprint density at radius 3 is 2.33 bits per heavy atom. The molecule has 10 heteroatoms. The highest BCUT2D eigenvalue weighted by Gasteiger charge is 2.33. The van der Waals surface area contributed by atoms with E-state index in [9.17, 15) is 9.59 Å². The molecule has 0 spiro atoms. The van der Waals surface area contributed by atoms with Gasteiger partial charge in [0.2, 0.25) is 0 Å². The van der Waals surface area contributed by atoms with Crippen molar-refractivity contribution in [3.8, 4) is 23.0 Å². The number of hydrogen-bond acceptors (Lipinski definition) is 9. The summed E-state index contributed by atoms with van der Waals surface area (Å²) in [5.41, 5.74) is 3.13. The second-order valence-corrected chi connectivity index (χ2v) is 11.2. The Kier molecular flexibility index (Phi) is 10.0. The summed E-state index contributed by atoms with van der Waals surface area (Å²) in [7, 11) is 1.59. The van der Waals surface area contributed by atoms with Gasteiger partial charge < -0.3 is 23.7 Å². The third kappa shape index (κ3) is 6.96. The minimum absolute atomic E-state index is 0.205. The molecule has 0 N–H and O–H groups in total. The molecule has 1 aliphatic heterocycles. The summed E-state index contributed by atoms with van der Waals surface area (Å²) in [6.45, 7) is 8.77. The van der Waals surface area contributed by atoms with Gasteiger partial charge in [-0.1, -0.05) is 47.7 Å². The normalized spacial score (nSPS) is 14.4. The number of fused-ring (bicyclic) bond motifs is 1. The Balaban J connectivity index is 1.46. The molecule has 0 bridgehead atoms. The van der Waals surface area contributed by atoms with Crippen LogP contribution in [0.5, 0.6) is 23.0 Å². The van der Waals surface area contributed by atoms with Crippen molar-refractivity contribution in [1.29, 1.82) is 0 Å². The molecule has 0 saturated heterocycles. The second kappa shape index (κ2) is 14.3. The number of carbonyl (C=O) groups is 1. The summed E-state index contributed by atoms with van der Waals surface area (Å²) < 4.78 is 30.5. The van der Waals surface area contributed by atoms with Crippen molar-refractivity contribution in [3.63, 3.8) is 0 Å². The number of aromatic nitrogens is 1. The van der Waals surface area contributed by atoms with Gasteiger partial charge in [0.15, 0.2) is 16.3 Å². The first-order valence-electron chi connectivity index (χ1n) is 14.8. The van der Waals surface area contributed by atoms with E-state index < -0.39 is 12.0 Å². The van der Waals surface area contributed by atoms with Gasteiger partial charge in [-0.2, -0.15) is 0 Å². The molecule has 0 radical (unpaired) electrons. The number of esters is 1. The van der Waals surface area contributed by atoms with Crippen LogP contribution in [0.25, 0.3) is 6.08 Å². The smallest absolute Gasteiger partial charge is 0.338 e. The minimum atomic E-state index is -0.704. The first kappa shape index (κ1) is 31.6. The minimum Gasteiger partial charge on any atom is -0.497 e. The summed E-state index contributed by atoms with van der Waals surface area (Å²) in [6.07, 6.45) is 1.80. The molecule has 2 heterocycles. The zero-order chi connectivity index (χ0) is 31.9. The number of allylic oxidation sites excluding steroid dienone is 1. The van der Waals surface area contributed by atoms with E-state index in [-0.39, 0.29) is 12.2 Å². The van der Waals surface area contributed by atoms with E-state index in [1.165, 1.54) is 11.3 Å². The molecular weight excluding hydrogens is 592 g/mol. The maximum absolute atomic E-state index is 14.0. The fourth-order valence-electron chi connectivity index (χ4n) is 5.07. The third-order valence-electron chi connectivity index (χ3n) is 7.21. The number of nitrogens with zero attached hydrogens (tertiary/aromatic N) is 2. The van der Waals surface area contributed by atoms with E-state index in [0.29, 0.717) is 57.7 Å². The summed E-state index contributed by atoms with van der Waals surface area (Å²) in [5.74, 6) is 2.13. The van der Waals surface area contributed by atoms with Gasteiger partial charge in [-0.25, -0.2) is 9.79 Å². The fourth-order valence-corrected chi connectivity index (χ4v) is 6.11. The average molecular weight is 629 g/mol. The molecule has 0 fully saturated rings. The zero-order valence-corrected chi connectivity index (χ0v) is 26.8. The lowest BCUT2D eigenvalue weighted by molar-refractivity contribution is -0.139. The van der Waals surface area contributed by atoms with Crippen molar-refractivity contribution >= 4 is 23.4 Å². The number of carbonyl (C=O) groups excluding carboxylic acids is 1. The number of rotatable bonds is 12. The molecule has 5 rings (SSSR count). The number of para-hydroxylation sites is 1. The van der Waals surface area contributed by atoms with Gasteiger partial charge in [0.1, 0.15) is 24.7 Å². The van der Waals surface area contributed by atoms with Crippen molar-refractivity contribution in [1.82, 2.24) is 4.57 Å². The number of aryl methyl sites for hydroxylation is 1. The van der Waals surface area contributed by atoms with Gasteiger partial charge in [0.25, 0.3) is 5.56 Å². The van der Waals surface area contributed by atoms with Crippen molar-refractivity contribution in [2.45, 2.75) is 33.7 Å². The Hall–Kier alpha value is -4.83. The van der Waals surface area contributed by atoms with Gasteiger partial charge in [0.05, 0.1) is 42.2 Å². The Morgan fingerprint density at radius 1 is 0.911 bits per heavy atom. The molecule has 45 heavy (non-hydrogen) atoms. The van der Waals surface area contributed by atoms with Crippen LogP contribution in [-0.2, 0) is 9.53 Å². The predicted molar refractivity (Wildman–Crippen MR) is 173 cm³/mol. The molecule has 0 aliphatic carbocycles. The standard InChI is InChI=1S/C35H36N2O7S/c1-6-41-29-20-24(12-17-28(29)44-19-18-43-27-11-9-8-10-22(27)3)21-30-33(38)37-32(25-13-15-26(40-5)16-14-25)31(34(39)42-7-2)23(4)36-35(37)45-30/h8-17,20-21,32H,6-7,18-19H2,1-5H3/b30-21+/t32-/m1/s1. The van der Waals surface area contributed by atoms with Crippen molar-refractivity contribution in [3.05, 3.63) is 114 Å². The summed E-state index contributed by atoms with van der Waals surface area (Å²) >= 11 is 1.26. The first-order chi connectivity index (χ1) is 21.8. The van der Waals surface area contributed by atoms with E-state index in [0.717, 1.165) is 22.4 Å². The van der Waals surface area contributed by atoms with Crippen molar-refractivity contribution < 1.29 is 28.5 Å². The van der Waals surface area contributed by atoms with Crippen LogP contribution in [0.4, 0.5) is 0 Å². The van der Waals surface area contributed by atoms with Gasteiger partial charge >= 0.3 is 5.97 Å². The molecule has 1 aliphatic rings. The molecule has 3 aromatic carbocycles. The van der Waals surface area contributed by atoms with Crippen LogP contribution in [0.1, 0.15) is 43.5 Å². The summed E-state index contributed by atoms with van der Waals surface area (Å²) in [4.78, 5) is 32.2. The van der Waals surface area contributed by atoms with Crippen LogP contribution >= 0.6 is 11.3 Å². The van der Waals surface area contributed by atoms with Gasteiger partial charge in [-0.3, -0.25) is 9.36 Å². The van der Waals surface area contributed by atoms with Crippen LogP contribution in [0, 0.1) is 6.92 Å². The summed E-state index contributed by atoms with van der Waals surface area (Å²) in [6, 6.07) is 20.0. The highest BCUT2D eigenvalue weighted by Crippen LogP contribution is 2.32. The Morgan fingerprint density at radius 2 is 1.64 bits per heavy atom. The molecule has 1 aromatic heterocycles. The molecule has 0 amide bonds. The lowest BCUT2D eigenvalue weighted by Gasteiger charge is -2.24. The number of benzene rings is 3. The molecule has 234 valence electrons. The molecular formula is C35H36N2O7S. The van der Waals surface area contributed by atoms with E-state index in [1.807, 2.05) is 68.4 Å². The topological polar surface area (TPSA) is 97.6 Å². The lowest BCUT2D eigenvalue weighted by Crippen LogP contribution is -2.39. The first-order valence-corrected chi connectivity index (χ1v) is 15.6. The number of methoxy groups -OCH3 is 1. The van der Waals surface area contributed by atoms with Crippen molar-refractivity contribution in [2.75, 3.05) is 33.5 Å². The number of ether oxygens (including phenoxy) is 5. The monoisotopic (exact) mass is 628 g/mol. The molecule has 4 aromatic rings. The second-order valence-electron chi connectivity index (χ2n) is 10.2. The maximum atomic E-state index is 14.0. The van der Waals surface area contributed by atoms with E-state index in [1.54, 1.807) is 43.7 Å². The zero-order valence-electron chi connectivity index (χ0n) is 26.0. The van der Waals surface area contributed by atoms with Gasteiger partial charge in [0, 0.05) is 0 Å². The van der Waals surface area contributed by atoms with E-state index >= 15 is 0 Å². The van der Waals surface area contributed by atoms with E-state index in [2.05, 4.69) is 4.99 Å². The largest absolute Gasteiger partial charge is 0.497 e. The predicted octanol–water partition coefficient (Wildman–Crippen LogP) is 4.97. The fraction of sp³-hybridized carbons (Fsp3) is 0.286. The lowest BCUT2D eigenvalue weighted by atomic mass is 9.96. The molecule has 9 nitrogen and oxygen atoms in total. The van der Waals surface area contributed by atoms with Gasteiger partial charge in [-0.05, 0) is 80.8 Å². The SMILES string of the molecule is CCOC(=O)C1=C(C)N=c2s/c(=C/c3ccc(OCCOc4ccccc4C)c(OCC)c3)c(=O)n2[C@@H]1c1ccc(OC)cc1. The highest BCUT2D eigenvalue weighted by atomic mass is 32.1. The Bertz CT molecular complexity index is 1890. The maximum Gasteiger partial charge on any atom is 0.338 e. The quantitative estimate of drug-likeness (QED) is 0.161. The number of thiazole rings is 1. The van der Waals surface area contributed by atoms with Crippen molar-refractivity contribution in [2.24, 2.45) is 4.99 Å². The van der Waals surface area contributed by atoms with Gasteiger partial charge in [-0.15, -0.1) is 0 Å². The molecule has 0 saturated carbocycles. The van der Waals surface area contributed by atoms with Crippen LogP contribution in [0.2, 0.25) is 0 Å². The Labute approximate surface area is 265 Å². The van der Waals surface area contributed by atoms with Crippen LogP contribution in [0.3, 0.4) is 0 Å². The van der Waals surface area contributed by atoms with Crippen LogP contribution in [0.15, 0.2) is 87.8 Å². The van der Waals surface area contributed by atoms with E-state index in [4.69, 9.17) is 23.7 Å². The molecule has 1 atom stereocenters. The summed E-state index contributed by atoms with van der Waals surface area (Å²) in [5, 5.41) is 0. The van der Waals surface area contributed by atoms with Crippen LogP contribution in [-0.4, -0.2) is 44.1 Å². The third-order valence-corrected chi connectivity index (χ3v) is 8.19. The average Bonchev–Trinajstić information content (AvgIpc) is 3.34. The van der Waals surface area contributed by atoms with Crippen LogP contribution < -0.4 is 33.8 Å². The number of hydrogen-bond donors (Lipinski definition) is 0. The highest BCUT2D eigenvalue weighted by molar-refractivity contribution is 7.07.